The van der Waals surface area contributed by atoms with Gasteiger partial charge in [0, 0.05) is 30.4 Å². The highest BCUT2D eigenvalue weighted by molar-refractivity contribution is 6.03. The average Bonchev–Trinajstić information content (AvgIpc) is 3.57. The van der Waals surface area contributed by atoms with Gasteiger partial charge in [-0.2, -0.15) is 0 Å². The third-order valence-electron chi connectivity index (χ3n) is 6.44. The SMILES string of the molecule is CNCC(=O)NC1CCC(Nc2cc(NC3CC3)c3ncc(C(=O)Nc4ccncc4F)n3n2)CC1. The summed E-state index contributed by atoms with van der Waals surface area (Å²) in [6.07, 6.45) is 9.57. The van der Waals surface area contributed by atoms with Gasteiger partial charge in [0.1, 0.15) is 5.82 Å². The molecule has 0 bridgehead atoms. The number of imidazole rings is 1. The number of likely N-dealkylation sites (N-methyl/N-ethyl adjacent to an activating group) is 1. The normalized spacial score (nSPS) is 19.6. The monoisotopic (exact) mass is 495 g/mol. The summed E-state index contributed by atoms with van der Waals surface area (Å²) in [5.41, 5.74) is 1.55. The molecule has 11 nitrogen and oxygen atoms in total. The molecular formula is C24H30FN9O2. The molecular weight excluding hydrogens is 465 g/mol. The second-order valence-corrected chi connectivity index (χ2v) is 9.34. The number of hydrogen-bond acceptors (Lipinski definition) is 8. The van der Waals surface area contributed by atoms with Gasteiger partial charge in [-0.15, -0.1) is 5.10 Å². The van der Waals surface area contributed by atoms with E-state index in [9.17, 15) is 14.0 Å². The van der Waals surface area contributed by atoms with Crippen LogP contribution in [0.25, 0.3) is 5.65 Å². The number of amides is 2. The fourth-order valence-corrected chi connectivity index (χ4v) is 4.44. The number of fused-ring (bicyclic) bond motifs is 1. The second kappa shape index (κ2) is 10.4. The third kappa shape index (κ3) is 5.54. The molecule has 0 unspecified atom stereocenters. The lowest BCUT2D eigenvalue weighted by Crippen LogP contribution is -2.43. The van der Waals surface area contributed by atoms with E-state index < -0.39 is 11.7 Å². The maximum Gasteiger partial charge on any atom is 0.276 e. The van der Waals surface area contributed by atoms with Gasteiger partial charge in [-0.05, 0) is 51.6 Å². The number of nitrogens with zero attached hydrogens (tertiary/aromatic N) is 4. The molecule has 0 aliphatic heterocycles. The van der Waals surface area contributed by atoms with Gasteiger partial charge in [0.15, 0.2) is 17.2 Å². The summed E-state index contributed by atoms with van der Waals surface area (Å²) >= 11 is 0. The lowest BCUT2D eigenvalue weighted by Gasteiger charge is -2.30. The Bertz CT molecular complexity index is 1250. The van der Waals surface area contributed by atoms with Gasteiger partial charge in [0.05, 0.1) is 30.3 Å². The minimum atomic E-state index is -0.621. The van der Waals surface area contributed by atoms with E-state index in [1.54, 1.807) is 7.05 Å². The Labute approximate surface area is 207 Å². The van der Waals surface area contributed by atoms with E-state index in [4.69, 9.17) is 0 Å². The molecule has 0 aromatic carbocycles. The highest BCUT2D eigenvalue weighted by atomic mass is 19.1. The Morgan fingerprint density at radius 3 is 2.47 bits per heavy atom. The molecule has 190 valence electrons. The quantitative estimate of drug-likeness (QED) is 0.305. The number of carbonyl (C=O) groups excluding carboxylic acids is 2. The van der Waals surface area contributed by atoms with Crippen LogP contribution in [0.15, 0.2) is 30.7 Å². The fraction of sp³-hybridized carbons (Fsp3) is 0.458. The van der Waals surface area contributed by atoms with Crippen LogP contribution in [0.3, 0.4) is 0 Å². The van der Waals surface area contributed by atoms with Crippen LogP contribution in [0.4, 0.5) is 21.6 Å². The van der Waals surface area contributed by atoms with E-state index >= 15 is 0 Å². The van der Waals surface area contributed by atoms with Gasteiger partial charge in [0.2, 0.25) is 5.91 Å². The molecule has 2 aliphatic rings. The van der Waals surface area contributed by atoms with Crippen molar-refractivity contribution in [3.05, 3.63) is 42.2 Å². The molecule has 36 heavy (non-hydrogen) atoms. The number of pyridine rings is 1. The van der Waals surface area contributed by atoms with Crippen LogP contribution < -0.4 is 26.6 Å². The summed E-state index contributed by atoms with van der Waals surface area (Å²) in [6, 6.07) is 4.05. The average molecular weight is 496 g/mol. The minimum Gasteiger partial charge on any atom is -0.379 e. The molecule has 0 radical (unpaired) electrons. The molecule has 12 heteroatoms. The van der Waals surface area contributed by atoms with Crippen molar-refractivity contribution in [3.8, 4) is 0 Å². The Hall–Kier alpha value is -3.80. The number of aromatic nitrogens is 4. The molecule has 3 heterocycles. The molecule has 0 saturated heterocycles. The topological polar surface area (TPSA) is 137 Å². The number of hydrogen-bond donors (Lipinski definition) is 5. The lowest BCUT2D eigenvalue weighted by atomic mass is 9.91. The summed E-state index contributed by atoms with van der Waals surface area (Å²) in [4.78, 5) is 33.0. The van der Waals surface area contributed by atoms with Crippen LogP contribution in [0.1, 0.15) is 49.0 Å². The summed E-state index contributed by atoms with van der Waals surface area (Å²) in [5.74, 6) is -0.513. The Balaban J connectivity index is 1.33. The van der Waals surface area contributed by atoms with Crippen molar-refractivity contribution in [2.45, 2.75) is 56.7 Å². The van der Waals surface area contributed by atoms with Crippen molar-refractivity contribution in [1.82, 2.24) is 30.2 Å². The molecule has 2 fully saturated rings. The van der Waals surface area contributed by atoms with E-state index in [0.29, 0.717) is 24.1 Å². The van der Waals surface area contributed by atoms with Crippen LogP contribution >= 0.6 is 0 Å². The number of nitrogens with one attached hydrogen (secondary N) is 5. The molecule has 5 N–H and O–H groups in total. The predicted molar refractivity (Wildman–Crippen MR) is 134 cm³/mol. The first kappa shape index (κ1) is 23.9. The Morgan fingerprint density at radius 2 is 1.75 bits per heavy atom. The van der Waals surface area contributed by atoms with Crippen molar-refractivity contribution in [2.75, 3.05) is 29.5 Å². The van der Waals surface area contributed by atoms with Crippen molar-refractivity contribution < 1.29 is 14.0 Å². The summed E-state index contributed by atoms with van der Waals surface area (Å²) in [6.45, 7) is 0.313. The van der Waals surface area contributed by atoms with Crippen molar-refractivity contribution in [3.63, 3.8) is 0 Å². The van der Waals surface area contributed by atoms with E-state index in [-0.39, 0.29) is 29.4 Å². The first-order chi connectivity index (χ1) is 17.5. The molecule has 3 aromatic rings. The van der Waals surface area contributed by atoms with Crippen LogP contribution in [-0.4, -0.2) is 63.1 Å². The zero-order valence-corrected chi connectivity index (χ0v) is 20.1. The highest BCUT2D eigenvalue weighted by Crippen LogP contribution is 2.30. The highest BCUT2D eigenvalue weighted by Gasteiger charge is 2.26. The van der Waals surface area contributed by atoms with E-state index in [0.717, 1.165) is 50.4 Å². The van der Waals surface area contributed by atoms with Crippen molar-refractivity contribution >= 4 is 34.7 Å². The smallest absolute Gasteiger partial charge is 0.276 e. The molecule has 2 amide bonds. The summed E-state index contributed by atoms with van der Waals surface area (Å²) in [7, 11) is 1.75. The predicted octanol–water partition coefficient (Wildman–Crippen LogP) is 2.15. The minimum absolute atomic E-state index is 0.00869. The van der Waals surface area contributed by atoms with E-state index in [1.807, 2.05) is 6.07 Å². The van der Waals surface area contributed by atoms with Gasteiger partial charge in [0.25, 0.3) is 5.91 Å². The summed E-state index contributed by atoms with van der Waals surface area (Å²) in [5, 5.41) is 20.1. The molecule has 0 spiro atoms. The molecule has 3 aromatic heterocycles. The van der Waals surface area contributed by atoms with E-state index in [1.165, 1.54) is 23.0 Å². The fourth-order valence-electron chi connectivity index (χ4n) is 4.44. The van der Waals surface area contributed by atoms with Crippen LogP contribution in [0, 0.1) is 5.82 Å². The van der Waals surface area contributed by atoms with Crippen LogP contribution in [-0.2, 0) is 4.79 Å². The maximum atomic E-state index is 14.0. The largest absolute Gasteiger partial charge is 0.379 e. The van der Waals surface area contributed by atoms with Crippen molar-refractivity contribution in [2.24, 2.45) is 0 Å². The van der Waals surface area contributed by atoms with Gasteiger partial charge >= 0.3 is 0 Å². The second-order valence-electron chi connectivity index (χ2n) is 9.34. The van der Waals surface area contributed by atoms with Crippen molar-refractivity contribution in [1.29, 1.82) is 0 Å². The number of anilines is 3. The van der Waals surface area contributed by atoms with Gasteiger partial charge < -0.3 is 26.6 Å². The third-order valence-corrected chi connectivity index (χ3v) is 6.44. The Kier molecular flexibility index (Phi) is 6.94. The Morgan fingerprint density at radius 1 is 1.03 bits per heavy atom. The van der Waals surface area contributed by atoms with E-state index in [2.05, 4.69) is 41.7 Å². The number of rotatable bonds is 9. The molecule has 2 aliphatic carbocycles. The van der Waals surface area contributed by atoms with Gasteiger partial charge in [-0.3, -0.25) is 14.6 Å². The number of halogens is 1. The first-order valence-electron chi connectivity index (χ1n) is 12.3. The standard InChI is InChI=1S/C24H30FN9O2/c1-26-13-22(35)31-16-6-4-15(5-7-16)30-21-10-19(29-14-2-3-14)23-28-12-20(34(23)33-21)24(36)32-18-8-9-27-11-17(18)25/h8-12,14-16,26,29H,2-7,13H2,1H3,(H,30,33)(H,31,35)(H,27,32,36). The first-order valence-corrected chi connectivity index (χ1v) is 12.3. The molecule has 2 saturated carbocycles. The van der Waals surface area contributed by atoms with Gasteiger partial charge in [-0.1, -0.05) is 0 Å². The maximum absolute atomic E-state index is 14.0. The van der Waals surface area contributed by atoms with Crippen LogP contribution in [0.5, 0.6) is 0 Å². The van der Waals surface area contributed by atoms with Crippen LogP contribution in [0.2, 0.25) is 0 Å². The molecule has 5 rings (SSSR count). The number of carbonyl (C=O) groups is 2. The molecule has 0 atom stereocenters. The van der Waals surface area contributed by atoms with Gasteiger partial charge in [-0.25, -0.2) is 13.9 Å². The lowest BCUT2D eigenvalue weighted by molar-refractivity contribution is -0.121. The summed E-state index contributed by atoms with van der Waals surface area (Å²) < 4.78 is 15.5. The zero-order chi connectivity index (χ0) is 25.1. The zero-order valence-electron chi connectivity index (χ0n) is 20.1.